The maximum absolute atomic E-state index is 10.9. The Bertz CT molecular complexity index is 270. The Labute approximate surface area is 153 Å². The lowest BCUT2D eigenvalue weighted by molar-refractivity contribution is -0.141. The fraction of sp³-hybridized carbons (Fsp3) is 0.947. The lowest BCUT2D eigenvalue weighted by Gasteiger charge is -2.12. The van der Waals surface area contributed by atoms with E-state index in [1.165, 1.54) is 77.0 Å². The molecule has 1 N–H and O–H groups in total. The van der Waals surface area contributed by atoms with E-state index in [1.54, 1.807) is 0 Å². The summed E-state index contributed by atoms with van der Waals surface area (Å²) < 4.78 is 0. The van der Waals surface area contributed by atoms with E-state index < -0.39 is 16.7 Å². The van der Waals surface area contributed by atoms with Gasteiger partial charge in [0.1, 0.15) is 4.84 Å². The topological polar surface area (TPSA) is 37.3 Å². The molecule has 4 heteroatoms. The molecule has 138 valence electrons. The van der Waals surface area contributed by atoms with Gasteiger partial charge in [0.25, 0.3) is 0 Å². The van der Waals surface area contributed by atoms with Crippen LogP contribution in [0.1, 0.15) is 103 Å². The molecule has 1 atom stereocenters. The highest BCUT2D eigenvalue weighted by Gasteiger charge is 2.23. The SMILES string of the molecule is CCCCCCCCCCCCCCCCC(C(=O)O)C(Cl)Cl. The van der Waals surface area contributed by atoms with Crippen LogP contribution in [0.4, 0.5) is 0 Å². The van der Waals surface area contributed by atoms with E-state index in [-0.39, 0.29) is 0 Å². The first kappa shape index (κ1) is 23.1. The number of rotatable bonds is 17. The summed E-state index contributed by atoms with van der Waals surface area (Å²) in [5.41, 5.74) is 0. The summed E-state index contributed by atoms with van der Waals surface area (Å²) in [7, 11) is 0. The Hall–Kier alpha value is 0.0500. The minimum absolute atomic E-state index is 0.588. The summed E-state index contributed by atoms with van der Waals surface area (Å²) in [6, 6.07) is 0. The third kappa shape index (κ3) is 15.3. The van der Waals surface area contributed by atoms with Gasteiger partial charge in [0.05, 0.1) is 5.92 Å². The van der Waals surface area contributed by atoms with Gasteiger partial charge in [-0.1, -0.05) is 96.8 Å². The predicted molar refractivity (Wildman–Crippen MR) is 102 cm³/mol. The molecular formula is C19H36Cl2O2. The zero-order valence-corrected chi connectivity index (χ0v) is 16.4. The van der Waals surface area contributed by atoms with Gasteiger partial charge in [-0.3, -0.25) is 4.79 Å². The van der Waals surface area contributed by atoms with Crippen molar-refractivity contribution in [1.82, 2.24) is 0 Å². The van der Waals surface area contributed by atoms with E-state index in [1.807, 2.05) is 0 Å². The average Bonchev–Trinajstić information content (AvgIpc) is 2.50. The first-order valence-electron chi connectivity index (χ1n) is 9.60. The third-order valence-electron chi connectivity index (χ3n) is 4.49. The van der Waals surface area contributed by atoms with E-state index >= 15 is 0 Å². The molecule has 0 amide bonds. The number of carboxylic acids is 1. The summed E-state index contributed by atoms with van der Waals surface area (Å²) in [5, 5.41) is 8.98. The van der Waals surface area contributed by atoms with Gasteiger partial charge >= 0.3 is 5.97 Å². The minimum Gasteiger partial charge on any atom is -0.481 e. The average molecular weight is 367 g/mol. The predicted octanol–water partition coefficient (Wildman–Crippen LogP) is 7.36. The zero-order valence-electron chi connectivity index (χ0n) is 14.9. The molecule has 0 bridgehead atoms. The lowest BCUT2D eigenvalue weighted by atomic mass is 10.0. The van der Waals surface area contributed by atoms with Crippen molar-refractivity contribution in [3.05, 3.63) is 0 Å². The minimum atomic E-state index is -0.880. The molecule has 0 aliphatic heterocycles. The third-order valence-corrected chi connectivity index (χ3v) is 5.10. The summed E-state index contributed by atoms with van der Waals surface area (Å²) in [6.07, 6.45) is 18.8. The van der Waals surface area contributed by atoms with Crippen molar-refractivity contribution in [1.29, 1.82) is 0 Å². The Morgan fingerprint density at radius 3 is 1.39 bits per heavy atom. The van der Waals surface area contributed by atoms with Crippen molar-refractivity contribution in [2.24, 2.45) is 5.92 Å². The van der Waals surface area contributed by atoms with E-state index in [9.17, 15) is 4.79 Å². The molecule has 23 heavy (non-hydrogen) atoms. The molecule has 0 heterocycles. The van der Waals surface area contributed by atoms with Crippen LogP contribution in [0.25, 0.3) is 0 Å². The van der Waals surface area contributed by atoms with Gasteiger partial charge in [0.2, 0.25) is 0 Å². The van der Waals surface area contributed by atoms with Crippen LogP contribution in [-0.2, 0) is 4.79 Å². The Kier molecular flexibility index (Phi) is 16.9. The second kappa shape index (κ2) is 16.9. The largest absolute Gasteiger partial charge is 0.481 e. The van der Waals surface area contributed by atoms with Gasteiger partial charge in [-0.05, 0) is 6.42 Å². The van der Waals surface area contributed by atoms with Crippen molar-refractivity contribution in [3.8, 4) is 0 Å². The normalized spacial score (nSPS) is 12.7. The molecule has 0 aromatic heterocycles. The highest BCUT2D eigenvalue weighted by atomic mass is 35.5. The molecule has 0 spiro atoms. The molecule has 0 saturated carbocycles. The summed E-state index contributed by atoms with van der Waals surface area (Å²) >= 11 is 11.4. The number of carboxylic acid groups (broad SMARTS) is 1. The number of unbranched alkanes of at least 4 members (excludes halogenated alkanes) is 13. The molecule has 0 aromatic carbocycles. The summed E-state index contributed by atoms with van der Waals surface area (Å²) in [4.78, 5) is 10.1. The van der Waals surface area contributed by atoms with Gasteiger partial charge in [-0.25, -0.2) is 0 Å². The zero-order chi connectivity index (χ0) is 17.3. The molecule has 0 aliphatic carbocycles. The second-order valence-corrected chi connectivity index (χ2v) is 7.83. The number of aliphatic carboxylic acids is 1. The van der Waals surface area contributed by atoms with Crippen LogP contribution in [0.2, 0.25) is 0 Å². The highest BCUT2D eigenvalue weighted by Crippen LogP contribution is 2.22. The quantitative estimate of drug-likeness (QED) is 0.215. The van der Waals surface area contributed by atoms with Crippen LogP contribution in [0.3, 0.4) is 0 Å². The highest BCUT2D eigenvalue weighted by molar-refractivity contribution is 6.45. The van der Waals surface area contributed by atoms with Gasteiger partial charge in [0, 0.05) is 0 Å². The second-order valence-electron chi connectivity index (χ2n) is 6.66. The Morgan fingerprint density at radius 1 is 0.739 bits per heavy atom. The number of hydrogen-bond acceptors (Lipinski definition) is 1. The number of hydrogen-bond donors (Lipinski definition) is 1. The van der Waals surface area contributed by atoms with E-state index in [0.717, 1.165) is 12.8 Å². The molecule has 2 nitrogen and oxygen atoms in total. The molecular weight excluding hydrogens is 331 g/mol. The molecule has 0 fully saturated rings. The Balaban J connectivity index is 3.23. The van der Waals surface area contributed by atoms with Crippen LogP contribution in [0, 0.1) is 5.92 Å². The number of carbonyl (C=O) groups is 1. The first-order chi connectivity index (χ1) is 11.1. The molecule has 1 unspecified atom stereocenters. The van der Waals surface area contributed by atoms with Crippen molar-refractivity contribution in [2.75, 3.05) is 0 Å². The van der Waals surface area contributed by atoms with Crippen molar-refractivity contribution in [2.45, 2.75) is 108 Å². The monoisotopic (exact) mass is 366 g/mol. The first-order valence-corrected chi connectivity index (χ1v) is 10.5. The molecule has 0 saturated heterocycles. The number of halogens is 2. The van der Waals surface area contributed by atoms with E-state index in [2.05, 4.69) is 6.92 Å². The van der Waals surface area contributed by atoms with Crippen molar-refractivity contribution < 1.29 is 9.90 Å². The molecule has 0 aliphatic rings. The van der Waals surface area contributed by atoms with E-state index in [4.69, 9.17) is 28.3 Å². The van der Waals surface area contributed by atoms with Crippen LogP contribution >= 0.6 is 23.2 Å². The smallest absolute Gasteiger partial charge is 0.309 e. The molecule has 0 rings (SSSR count). The molecule has 0 aromatic rings. The van der Waals surface area contributed by atoms with Crippen LogP contribution in [0.5, 0.6) is 0 Å². The van der Waals surface area contributed by atoms with Crippen LogP contribution in [-0.4, -0.2) is 15.9 Å². The van der Waals surface area contributed by atoms with Gasteiger partial charge in [0.15, 0.2) is 0 Å². The Morgan fingerprint density at radius 2 is 1.09 bits per heavy atom. The van der Waals surface area contributed by atoms with Crippen LogP contribution in [0.15, 0.2) is 0 Å². The van der Waals surface area contributed by atoms with Gasteiger partial charge < -0.3 is 5.11 Å². The van der Waals surface area contributed by atoms with Crippen LogP contribution < -0.4 is 0 Å². The fourth-order valence-corrected chi connectivity index (χ4v) is 3.38. The van der Waals surface area contributed by atoms with Crippen molar-refractivity contribution >= 4 is 29.2 Å². The fourth-order valence-electron chi connectivity index (χ4n) is 2.92. The summed E-state index contributed by atoms with van der Waals surface area (Å²) in [6.45, 7) is 2.26. The van der Waals surface area contributed by atoms with E-state index in [0.29, 0.717) is 6.42 Å². The van der Waals surface area contributed by atoms with Gasteiger partial charge in [-0.15, -0.1) is 23.2 Å². The van der Waals surface area contributed by atoms with Crippen molar-refractivity contribution in [3.63, 3.8) is 0 Å². The molecule has 0 radical (unpaired) electrons. The van der Waals surface area contributed by atoms with Gasteiger partial charge in [-0.2, -0.15) is 0 Å². The lowest BCUT2D eigenvalue weighted by Crippen LogP contribution is -2.20. The maximum atomic E-state index is 10.9. The summed E-state index contributed by atoms with van der Waals surface area (Å²) in [5.74, 6) is -1.50. The standard InChI is InChI=1S/C19H36Cl2O2/c1-2-3-4-5-6-7-8-9-10-11-12-13-14-15-16-17(18(20)21)19(22)23/h17-18H,2-16H2,1H3,(H,22,23). The maximum Gasteiger partial charge on any atom is 0.309 e. The number of alkyl halides is 2.